The lowest BCUT2D eigenvalue weighted by Gasteiger charge is -2.06. The highest BCUT2D eigenvalue weighted by Crippen LogP contribution is 2.30. The van der Waals surface area contributed by atoms with Crippen LogP contribution in [0.15, 0.2) is 35.1 Å². The van der Waals surface area contributed by atoms with Crippen LogP contribution in [0, 0.1) is 23.6 Å². The van der Waals surface area contributed by atoms with Crippen LogP contribution in [0.4, 0.5) is 4.39 Å². The summed E-state index contributed by atoms with van der Waals surface area (Å²) in [5, 5.41) is 14.3. The van der Waals surface area contributed by atoms with Crippen LogP contribution in [-0.2, 0) is 6.54 Å². The lowest BCUT2D eigenvalue weighted by atomic mass is 10.1. The zero-order valence-electron chi connectivity index (χ0n) is 11.3. The Morgan fingerprint density at radius 3 is 3.00 bits per heavy atom. The molecule has 1 aromatic carbocycles. The number of halogens is 2. The van der Waals surface area contributed by atoms with Gasteiger partial charge in [-0.1, -0.05) is 33.8 Å². The Morgan fingerprint density at radius 1 is 1.48 bits per heavy atom. The molecule has 1 atom stereocenters. The summed E-state index contributed by atoms with van der Waals surface area (Å²) < 4.78 is 15.4. The van der Waals surface area contributed by atoms with Crippen LogP contribution >= 0.6 is 15.9 Å². The zero-order chi connectivity index (χ0) is 14.8. The van der Waals surface area contributed by atoms with Crippen molar-refractivity contribution in [3.8, 4) is 11.8 Å². The molecule has 3 rings (SSSR count). The van der Waals surface area contributed by atoms with Crippen LogP contribution in [0.2, 0.25) is 0 Å². The highest BCUT2D eigenvalue weighted by molar-refractivity contribution is 9.10. The van der Waals surface area contributed by atoms with Crippen LogP contribution < -0.4 is 0 Å². The molecule has 1 heterocycles. The molecule has 1 aromatic heterocycles. The fourth-order valence-electron chi connectivity index (χ4n) is 2.05. The van der Waals surface area contributed by atoms with Crippen molar-refractivity contribution in [2.45, 2.75) is 25.5 Å². The second-order valence-corrected chi connectivity index (χ2v) is 6.09. The van der Waals surface area contributed by atoms with Gasteiger partial charge in [-0.3, -0.25) is 4.68 Å². The number of hydrogen-bond acceptors (Lipinski definition) is 2. The Labute approximate surface area is 130 Å². The maximum atomic E-state index is 13.0. The van der Waals surface area contributed by atoms with Gasteiger partial charge in [0, 0.05) is 22.8 Å². The Morgan fingerprint density at radius 2 is 2.29 bits per heavy atom. The van der Waals surface area contributed by atoms with Crippen molar-refractivity contribution in [2.24, 2.45) is 5.92 Å². The van der Waals surface area contributed by atoms with E-state index in [9.17, 15) is 9.50 Å². The molecule has 2 aromatic rings. The van der Waals surface area contributed by atoms with Crippen molar-refractivity contribution < 1.29 is 9.50 Å². The van der Waals surface area contributed by atoms with Crippen LogP contribution in [0.25, 0.3) is 0 Å². The van der Waals surface area contributed by atoms with Gasteiger partial charge in [-0.2, -0.15) is 5.10 Å². The van der Waals surface area contributed by atoms with Crippen LogP contribution in [0.5, 0.6) is 0 Å². The molecule has 1 unspecified atom stereocenters. The normalized spacial score (nSPS) is 15.4. The van der Waals surface area contributed by atoms with Crippen LogP contribution in [0.3, 0.4) is 0 Å². The minimum atomic E-state index is -0.966. The first-order valence-electron chi connectivity index (χ1n) is 6.79. The summed E-state index contributed by atoms with van der Waals surface area (Å²) in [6.45, 7) is 0.938. The third-order valence-corrected chi connectivity index (χ3v) is 4.07. The third kappa shape index (κ3) is 3.72. The molecule has 0 aliphatic heterocycles. The van der Waals surface area contributed by atoms with Crippen molar-refractivity contribution in [2.75, 3.05) is 0 Å². The molecule has 5 heteroatoms. The van der Waals surface area contributed by atoms with Gasteiger partial charge in [-0.05, 0) is 30.9 Å². The average molecular weight is 349 g/mol. The maximum absolute atomic E-state index is 13.0. The van der Waals surface area contributed by atoms with E-state index >= 15 is 0 Å². The van der Waals surface area contributed by atoms with E-state index in [1.54, 1.807) is 6.20 Å². The second-order valence-electron chi connectivity index (χ2n) is 5.23. The largest absolute Gasteiger partial charge is 0.376 e. The predicted octanol–water partition coefficient (Wildman–Crippen LogP) is 3.28. The predicted molar refractivity (Wildman–Crippen MR) is 80.9 cm³/mol. The molecule has 1 aliphatic rings. The summed E-state index contributed by atoms with van der Waals surface area (Å²) in [7, 11) is 0. The molecule has 3 nitrogen and oxygen atoms in total. The Kier molecular flexibility index (Phi) is 4.09. The molecule has 0 spiro atoms. The highest BCUT2D eigenvalue weighted by Gasteiger charge is 2.21. The SMILES string of the molecule is OC(C#Cc1cnn(CC2CC2)c1)c1ccc(F)cc1Br. The molecule has 0 amide bonds. The third-order valence-electron chi connectivity index (χ3n) is 3.39. The van der Waals surface area contributed by atoms with E-state index in [-0.39, 0.29) is 5.82 Å². The molecular weight excluding hydrogens is 335 g/mol. The van der Waals surface area contributed by atoms with E-state index in [2.05, 4.69) is 32.9 Å². The van der Waals surface area contributed by atoms with Gasteiger partial charge in [-0.25, -0.2) is 4.39 Å². The summed E-state index contributed by atoms with van der Waals surface area (Å²) in [6.07, 6.45) is 5.17. The molecular formula is C16H14BrFN2O. The summed E-state index contributed by atoms with van der Waals surface area (Å²) in [4.78, 5) is 0. The van der Waals surface area contributed by atoms with Crippen LogP contribution in [0.1, 0.15) is 30.1 Å². The van der Waals surface area contributed by atoms with Crippen molar-refractivity contribution in [1.29, 1.82) is 0 Å². The standard InChI is InChI=1S/C16H14BrFN2O/c17-15-7-13(18)4-5-14(15)16(21)6-3-12-8-19-20(10-12)9-11-1-2-11/h4-5,7-8,10-11,16,21H,1-2,9H2. The monoisotopic (exact) mass is 348 g/mol. The molecule has 0 bridgehead atoms. The topological polar surface area (TPSA) is 38.1 Å². The summed E-state index contributed by atoms with van der Waals surface area (Å²) in [6, 6.07) is 4.14. The number of hydrogen-bond donors (Lipinski definition) is 1. The van der Waals surface area contributed by atoms with Gasteiger partial charge in [0.15, 0.2) is 0 Å². The van der Waals surface area contributed by atoms with Gasteiger partial charge >= 0.3 is 0 Å². The molecule has 0 radical (unpaired) electrons. The molecule has 1 aliphatic carbocycles. The molecule has 1 N–H and O–H groups in total. The van der Waals surface area contributed by atoms with E-state index in [0.717, 1.165) is 18.0 Å². The number of aliphatic hydroxyl groups is 1. The first-order chi connectivity index (χ1) is 10.1. The maximum Gasteiger partial charge on any atom is 0.141 e. The molecule has 1 saturated carbocycles. The van der Waals surface area contributed by atoms with E-state index < -0.39 is 6.10 Å². The lowest BCUT2D eigenvalue weighted by molar-refractivity contribution is 0.237. The van der Waals surface area contributed by atoms with Crippen molar-refractivity contribution in [3.63, 3.8) is 0 Å². The molecule has 1 fully saturated rings. The Hall–Kier alpha value is -1.64. The first kappa shape index (κ1) is 14.3. The van der Waals surface area contributed by atoms with E-state index in [1.807, 2.05) is 10.9 Å². The fraction of sp³-hybridized carbons (Fsp3) is 0.312. The smallest absolute Gasteiger partial charge is 0.141 e. The zero-order valence-corrected chi connectivity index (χ0v) is 12.8. The van der Waals surface area contributed by atoms with Crippen LogP contribution in [-0.4, -0.2) is 14.9 Å². The fourth-order valence-corrected chi connectivity index (χ4v) is 2.61. The van der Waals surface area contributed by atoms with E-state index in [1.165, 1.54) is 31.0 Å². The van der Waals surface area contributed by atoms with Crippen molar-refractivity contribution in [1.82, 2.24) is 9.78 Å². The number of benzene rings is 1. The van der Waals surface area contributed by atoms with Gasteiger partial charge < -0.3 is 5.11 Å². The van der Waals surface area contributed by atoms with Gasteiger partial charge in [0.1, 0.15) is 11.9 Å². The quantitative estimate of drug-likeness (QED) is 0.864. The summed E-state index contributed by atoms with van der Waals surface area (Å²) >= 11 is 3.23. The first-order valence-corrected chi connectivity index (χ1v) is 7.58. The number of aromatic nitrogens is 2. The number of aliphatic hydroxyl groups excluding tert-OH is 1. The highest BCUT2D eigenvalue weighted by atomic mass is 79.9. The Bertz CT molecular complexity index is 713. The van der Waals surface area contributed by atoms with Gasteiger partial charge in [0.25, 0.3) is 0 Å². The molecule has 21 heavy (non-hydrogen) atoms. The van der Waals surface area contributed by atoms with Gasteiger partial charge in [0.05, 0.1) is 11.8 Å². The minimum absolute atomic E-state index is 0.355. The van der Waals surface area contributed by atoms with Crippen molar-refractivity contribution >= 4 is 15.9 Å². The minimum Gasteiger partial charge on any atom is -0.376 e. The average Bonchev–Trinajstić information content (AvgIpc) is 3.13. The van der Waals surface area contributed by atoms with Gasteiger partial charge in [0.2, 0.25) is 0 Å². The van der Waals surface area contributed by atoms with Gasteiger partial charge in [-0.15, -0.1) is 0 Å². The second kappa shape index (κ2) is 6.00. The molecule has 0 saturated heterocycles. The van der Waals surface area contributed by atoms with E-state index in [0.29, 0.717) is 10.0 Å². The molecule has 108 valence electrons. The number of rotatable bonds is 3. The number of nitrogens with zero attached hydrogens (tertiary/aromatic N) is 2. The van der Waals surface area contributed by atoms with Crippen molar-refractivity contribution in [3.05, 3.63) is 52.0 Å². The van der Waals surface area contributed by atoms with E-state index in [4.69, 9.17) is 0 Å². The summed E-state index contributed by atoms with van der Waals surface area (Å²) in [5.41, 5.74) is 1.32. The lowest BCUT2D eigenvalue weighted by Crippen LogP contribution is -1.99. The summed E-state index contributed by atoms with van der Waals surface area (Å²) in [5.74, 6) is 6.06. The Balaban J connectivity index is 1.71.